The molecule has 0 aromatic carbocycles. The Bertz CT molecular complexity index is 1210. The fourth-order valence-electron chi connectivity index (χ4n) is 9.36. The van der Waals surface area contributed by atoms with Crippen LogP contribution in [-0.2, 0) is 23.9 Å². The van der Waals surface area contributed by atoms with E-state index in [1.165, 1.54) is 26.0 Å². The normalized spacial score (nSPS) is 42.4. The van der Waals surface area contributed by atoms with Gasteiger partial charge in [-0.1, -0.05) is 48.4 Å². The Kier molecular flexibility index (Phi) is 7.38. The topological polar surface area (TPSA) is 118 Å². The lowest BCUT2D eigenvalue weighted by molar-refractivity contribution is -0.181. The first-order valence-corrected chi connectivity index (χ1v) is 15.2. The summed E-state index contributed by atoms with van der Waals surface area (Å²) in [5, 5.41) is 23.3. The lowest BCUT2D eigenvalue weighted by Gasteiger charge is -2.64. The largest absolute Gasteiger partial charge is 0.456 e. The third-order valence-electron chi connectivity index (χ3n) is 11.5. The smallest absolute Gasteiger partial charge is 0.303 e. The van der Waals surface area contributed by atoms with Crippen molar-refractivity contribution in [3.8, 4) is 0 Å². The Morgan fingerprint density at radius 3 is 2.27 bits per heavy atom. The number of ether oxygens (including phenoxy) is 1. The standard InChI is InChI=1S/C32H45BrO7/c1-17(34)40-27(2,3)13-12-23(36)32(9,39)25-21(35)15-29(6)22-11-10-18-19(14-20(33)26(38)28(18,4)5)31(22,8)24(37)16-30(25,29)7/h10,12-13,19-22,25,35,39H,11,14-16H2,1-9H3/b13-12+/t19-,20+,21-,22?,25+,29+,30-,31+,32+/m1/s1. The van der Waals surface area contributed by atoms with Crippen LogP contribution in [0, 0.1) is 39.4 Å². The van der Waals surface area contributed by atoms with Crippen molar-refractivity contribution in [2.24, 2.45) is 39.4 Å². The Hall–Kier alpha value is -1.64. The summed E-state index contributed by atoms with van der Waals surface area (Å²) in [6.45, 7) is 16.0. The second-order valence-corrected chi connectivity index (χ2v) is 15.8. The quantitative estimate of drug-likeness (QED) is 0.194. The molecule has 4 rings (SSSR count). The highest BCUT2D eigenvalue weighted by Gasteiger charge is 2.74. The summed E-state index contributed by atoms with van der Waals surface area (Å²) >= 11 is 3.60. The Balaban J connectivity index is 1.75. The third kappa shape index (κ3) is 4.26. The molecule has 2 N–H and O–H groups in total. The van der Waals surface area contributed by atoms with Crippen molar-refractivity contribution in [1.29, 1.82) is 0 Å². The molecule has 9 atom stereocenters. The predicted octanol–water partition coefficient (Wildman–Crippen LogP) is 4.90. The molecule has 0 spiro atoms. The van der Waals surface area contributed by atoms with Crippen LogP contribution >= 0.6 is 15.9 Å². The number of hydrogen-bond donors (Lipinski definition) is 2. The van der Waals surface area contributed by atoms with Gasteiger partial charge in [0, 0.05) is 30.1 Å². The highest BCUT2D eigenvalue weighted by atomic mass is 79.9. The Morgan fingerprint density at radius 2 is 1.70 bits per heavy atom. The van der Waals surface area contributed by atoms with Gasteiger partial charge in [0.15, 0.2) is 11.6 Å². The number of ketones is 3. The summed E-state index contributed by atoms with van der Waals surface area (Å²) in [6, 6.07) is 0. The van der Waals surface area contributed by atoms with Crippen molar-refractivity contribution >= 4 is 39.2 Å². The van der Waals surface area contributed by atoms with Gasteiger partial charge in [-0.15, -0.1) is 0 Å². The zero-order chi connectivity index (χ0) is 30.4. The van der Waals surface area contributed by atoms with Crippen LogP contribution < -0.4 is 0 Å². The van der Waals surface area contributed by atoms with Gasteiger partial charge in [-0.3, -0.25) is 19.2 Å². The minimum atomic E-state index is -1.96. The number of Topliss-reactive ketones (excluding diaryl/α,β-unsaturated/α-hetero) is 2. The van der Waals surface area contributed by atoms with Crippen LogP contribution in [0.4, 0.5) is 0 Å². The lowest BCUT2D eigenvalue weighted by Crippen LogP contribution is -2.65. The zero-order valence-corrected chi connectivity index (χ0v) is 26.8. The first-order chi connectivity index (χ1) is 18.1. The average Bonchev–Trinajstić information content (AvgIpc) is 3.01. The maximum Gasteiger partial charge on any atom is 0.303 e. The van der Waals surface area contributed by atoms with Gasteiger partial charge in [0.05, 0.1) is 10.9 Å². The third-order valence-corrected chi connectivity index (χ3v) is 12.3. The number of esters is 1. The van der Waals surface area contributed by atoms with Crippen molar-refractivity contribution in [1.82, 2.24) is 0 Å². The van der Waals surface area contributed by atoms with Crippen molar-refractivity contribution in [2.45, 2.75) is 110 Å². The van der Waals surface area contributed by atoms with Crippen LogP contribution in [0.3, 0.4) is 0 Å². The van der Waals surface area contributed by atoms with E-state index in [2.05, 4.69) is 28.9 Å². The lowest BCUT2D eigenvalue weighted by atomic mass is 9.38. The average molecular weight is 622 g/mol. The van der Waals surface area contributed by atoms with E-state index in [1.807, 2.05) is 27.7 Å². The molecule has 3 fully saturated rings. The minimum absolute atomic E-state index is 0.0619. The van der Waals surface area contributed by atoms with E-state index < -0.39 is 56.6 Å². The number of carbonyl (C=O) groups is 4. The van der Waals surface area contributed by atoms with Gasteiger partial charge in [0.25, 0.3) is 0 Å². The van der Waals surface area contributed by atoms with Crippen LogP contribution in [0.1, 0.15) is 88.0 Å². The number of rotatable bonds is 5. The number of carbonyl (C=O) groups excluding carboxylic acids is 4. The number of hydrogen-bond acceptors (Lipinski definition) is 7. The summed E-state index contributed by atoms with van der Waals surface area (Å²) < 4.78 is 5.24. The highest BCUT2D eigenvalue weighted by molar-refractivity contribution is 9.10. The number of fused-ring (bicyclic) bond motifs is 5. The van der Waals surface area contributed by atoms with E-state index in [0.717, 1.165) is 5.57 Å². The van der Waals surface area contributed by atoms with Crippen LogP contribution in [0.25, 0.3) is 0 Å². The van der Waals surface area contributed by atoms with Gasteiger partial charge in [-0.05, 0) is 88.7 Å². The van der Waals surface area contributed by atoms with Gasteiger partial charge >= 0.3 is 5.97 Å². The SMILES string of the molecule is CC(=O)OC(C)(C)/C=C/C(=O)[C@](C)(O)[C@H]1[C@H](O)C[C@@]2(C)C3CC=C4[C@@H](C[C@H](Br)C(=O)C4(C)C)[C@]3(C)C(=O)C[C@]12C. The van der Waals surface area contributed by atoms with Crippen molar-refractivity contribution in [2.75, 3.05) is 0 Å². The molecular formula is C32H45BrO7. The molecule has 4 aliphatic carbocycles. The van der Waals surface area contributed by atoms with Crippen molar-refractivity contribution in [3.63, 3.8) is 0 Å². The summed E-state index contributed by atoms with van der Waals surface area (Å²) in [5.74, 6) is -2.03. The number of allylic oxidation sites excluding steroid dienone is 2. The van der Waals surface area contributed by atoms with E-state index in [9.17, 15) is 29.4 Å². The highest BCUT2D eigenvalue weighted by Crippen LogP contribution is 2.74. The van der Waals surface area contributed by atoms with Gasteiger partial charge in [-0.2, -0.15) is 0 Å². The van der Waals surface area contributed by atoms with Crippen molar-refractivity contribution < 1.29 is 34.1 Å². The second kappa shape index (κ2) is 9.43. The fraction of sp³-hybridized carbons (Fsp3) is 0.750. The first kappa shape index (κ1) is 31.3. The molecule has 0 heterocycles. The molecule has 0 bridgehead atoms. The molecular weight excluding hydrogens is 576 g/mol. The molecule has 40 heavy (non-hydrogen) atoms. The van der Waals surface area contributed by atoms with E-state index in [1.54, 1.807) is 13.8 Å². The van der Waals surface area contributed by atoms with E-state index in [0.29, 0.717) is 19.3 Å². The maximum absolute atomic E-state index is 14.4. The molecule has 0 aromatic heterocycles. The van der Waals surface area contributed by atoms with Gasteiger partial charge in [0.2, 0.25) is 0 Å². The molecule has 0 aromatic rings. The minimum Gasteiger partial charge on any atom is -0.456 e. The molecule has 0 saturated heterocycles. The van der Waals surface area contributed by atoms with Crippen LogP contribution in [-0.4, -0.2) is 55.7 Å². The Labute approximate surface area is 246 Å². The second-order valence-electron chi connectivity index (χ2n) is 14.7. The number of aliphatic hydroxyl groups is 2. The van der Waals surface area contributed by atoms with Crippen LogP contribution in [0.2, 0.25) is 0 Å². The molecule has 8 heteroatoms. The fourth-order valence-corrected chi connectivity index (χ4v) is 10.3. The molecule has 1 unspecified atom stereocenters. The van der Waals surface area contributed by atoms with Gasteiger partial charge < -0.3 is 14.9 Å². The molecule has 222 valence electrons. The molecule has 0 amide bonds. The number of alkyl halides is 1. The van der Waals surface area contributed by atoms with E-state index in [4.69, 9.17) is 4.74 Å². The summed E-state index contributed by atoms with van der Waals surface area (Å²) in [5.41, 5.74) is -4.80. The Morgan fingerprint density at radius 1 is 1.10 bits per heavy atom. The predicted molar refractivity (Wildman–Crippen MR) is 154 cm³/mol. The van der Waals surface area contributed by atoms with E-state index in [-0.39, 0.29) is 34.7 Å². The molecule has 7 nitrogen and oxygen atoms in total. The maximum atomic E-state index is 14.4. The molecule has 0 aliphatic heterocycles. The molecule has 0 radical (unpaired) electrons. The zero-order valence-electron chi connectivity index (χ0n) is 25.3. The summed E-state index contributed by atoms with van der Waals surface area (Å²) in [6.07, 6.45) is 5.42. The van der Waals surface area contributed by atoms with Gasteiger partial charge in [-0.25, -0.2) is 0 Å². The van der Waals surface area contributed by atoms with Crippen LogP contribution in [0.5, 0.6) is 0 Å². The molecule has 4 aliphatic rings. The molecule has 3 saturated carbocycles. The number of halogens is 1. The summed E-state index contributed by atoms with van der Waals surface area (Å²) in [7, 11) is 0. The monoisotopic (exact) mass is 620 g/mol. The van der Waals surface area contributed by atoms with Gasteiger partial charge in [0.1, 0.15) is 17.0 Å². The van der Waals surface area contributed by atoms with Crippen LogP contribution in [0.15, 0.2) is 23.8 Å². The van der Waals surface area contributed by atoms with E-state index >= 15 is 0 Å². The summed E-state index contributed by atoms with van der Waals surface area (Å²) in [4.78, 5) is 52.0. The van der Waals surface area contributed by atoms with Crippen molar-refractivity contribution in [3.05, 3.63) is 23.8 Å². The number of aliphatic hydroxyl groups excluding tert-OH is 1. The first-order valence-electron chi connectivity index (χ1n) is 14.3.